The maximum absolute atomic E-state index is 12.9. The number of aryl methyl sites for hydroxylation is 1. The van der Waals surface area contributed by atoms with Gasteiger partial charge in [-0.3, -0.25) is 4.79 Å². The van der Waals surface area contributed by atoms with E-state index in [0.717, 1.165) is 16.9 Å². The van der Waals surface area contributed by atoms with Gasteiger partial charge in [-0.05, 0) is 65.8 Å². The molecule has 4 rings (SSSR count). The number of carbonyl (C=O) groups is 1. The minimum absolute atomic E-state index is 0.00914. The van der Waals surface area contributed by atoms with Gasteiger partial charge >= 0.3 is 0 Å². The predicted octanol–water partition coefficient (Wildman–Crippen LogP) is 4.70. The average molecular weight is 420 g/mol. The molecule has 0 bridgehead atoms. The fourth-order valence-electron chi connectivity index (χ4n) is 4.84. The first-order chi connectivity index (χ1) is 13.3. The fourth-order valence-corrected chi connectivity index (χ4v) is 6.25. The van der Waals surface area contributed by atoms with Crippen molar-refractivity contribution in [2.24, 2.45) is 11.3 Å². The monoisotopic (exact) mass is 419 g/mol. The molecule has 1 amide bonds. The van der Waals surface area contributed by atoms with Crippen molar-refractivity contribution < 1.29 is 14.6 Å². The summed E-state index contributed by atoms with van der Waals surface area (Å²) in [6, 6.07) is 5.36. The summed E-state index contributed by atoms with van der Waals surface area (Å²) in [6.07, 6.45) is 2.25. The van der Waals surface area contributed by atoms with Gasteiger partial charge in [-0.2, -0.15) is 0 Å². The third-order valence-corrected chi connectivity index (χ3v) is 7.81. The van der Waals surface area contributed by atoms with E-state index >= 15 is 0 Å². The Morgan fingerprint density at radius 1 is 1.43 bits per heavy atom. The molecule has 1 aromatic heterocycles. The van der Waals surface area contributed by atoms with Crippen LogP contribution in [0.4, 0.5) is 0 Å². The van der Waals surface area contributed by atoms with Gasteiger partial charge in [0.2, 0.25) is 0 Å². The van der Waals surface area contributed by atoms with Crippen LogP contribution < -0.4 is 10.1 Å². The van der Waals surface area contributed by atoms with Crippen LogP contribution in [0.1, 0.15) is 57.4 Å². The van der Waals surface area contributed by atoms with E-state index in [1.165, 1.54) is 22.4 Å². The Balaban J connectivity index is 1.45. The largest absolute Gasteiger partial charge is 0.491 e. The summed E-state index contributed by atoms with van der Waals surface area (Å²) in [6.45, 7) is 7.40. The van der Waals surface area contributed by atoms with E-state index in [2.05, 4.69) is 26.1 Å². The van der Waals surface area contributed by atoms with E-state index in [1.807, 2.05) is 6.07 Å². The Morgan fingerprint density at radius 2 is 2.21 bits per heavy atom. The van der Waals surface area contributed by atoms with Crippen LogP contribution in [-0.2, 0) is 13.0 Å². The SMILES string of the molecule is Cc1sc(C(=O)NCc2ccc(OCCO)cc2Cl)c2c1[C@@H]1CC(C)(C)[C@@H]1C2. The molecule has 1 aromatic carbocycles. The average Bonchev–Trinajstić information content (AvgIpc) is 3.15. The van der Waals surface area contributed by atoms with E-state index < -0.39 is 0 Å². The number of aliphatic hydroxyl groups excluding tert-OH is 1. The van der Waals surface area contributed by atoms with Crippen molar-refractivity contribution in [2.45, 2.75) is 46.1 Å². The minimum Gasteiger partial charge on any atom is -0.491 e. The van der Waals surface area contributed by atoms with Gasteiger partial charge in [-0.25, -0.2) is 0 Å². The van der Waals surface area contributed by atoms with Crippen LogP contribution in [-0.4, -0.2) is 24.2 Å². The molecule has 1 heterocycles. The number of aliphatic hydroxyl groups is 1. The number of amides is 1. The van der Waals surface area contributed by atoms with Gasteiger partial charge < -0.3 is 15.2 Å². The topological polar surface area (TPSA) is 58.6 Å². The van der Waals surface area contributed by atoms with E-state index in [4.69, 9.17) is 21.4 Å². The van der Waals surface area contributed by atoms with Crippen LogP contribution in [0, 0.1) is 18.3 Å². The standard InChI is InChI=1S/C22H26ClNO3S/c1-12-19-15(9-17-16(19)10-22(17,2)3)20(28-12)21(26)24-11-13-4-5-14(8-18(13)23)27-7-6-25/h4-5,8,16-17,25H,6-7,9-11H2,1-3H3,(H,24,26)/t16-,17-/m1/s1. The third-order valence-electron chi connectivity index (χ3n) is 6.29. The van der Waals surface area contributed by atoms with Crippen LogP contribution in [0.25, 0.3) is 0 Å². The van der Waals surface area contributed by atoms with E-state index in [-0.39, 0.29) is 19.1 Å². The second kappa shape index (κ2) is 7.36. The van der Waals surface area contributed by atoms with Gasteiger partial charge in [-0.15, -0.1) is 11.3 Å². The molecular formula is C22H26ClNO3S. The molecular weight excluding hydrogens is 394 g/mol. The van der Waals surface area contributed by atoms with Gasteiger partial charge in [0.25, 0.3) is 5.91 Å². The molecule has 2 aromatic rings. The molecule has 0 aliphatic heterocycles. The molecule has 1 fully saturated rings. The van der Waals surface area contributed by atoms with Gasteiger partial charge in [0, 0.05) is 16.4 Å². The number of benzene rings is 1. The van der Waals surface area contributed by atoms with E-state index in [9.17, 15) is 4.79 Å². The van der Waals surface area contributed by atoms with E-state index in [0.29, 0.717) is 34.6 Å². The summed E-state index contributed by atoms with van der Waals surface area (Å²) in [7, 11) is 0. The lowest BCUT2D eigenvalue weighted by Crippen LogP contribution is -2.40. The first-order valence-electron chi connectivity index (χ1n) is 9.74. The van der Waals surface area contributed by atoms with Crippen molar-refractivity contribution in [1.29, 1.82) is 0 Å². The van der Waals surface area contributed by atoms with Crippen LogP contribution >= 0.6 is 22.9 Å². The number of rotatable bonds is 6. The summed E-state index contributed by atoms with van der Waals surface area (Å²) in [5.41, 5.74) is 3.95. The first-order valence-corrected chi connectivity index (χ1v) is 10.9. The van der Waals surface area contributed by atoms with Gasteiger partial charge in [0.05, 0.1) is 11.5 Å². The number of ether oxygens (including phenoxy) is 1. The van der Waals surface area contributed by atoms with Crippen molar-refractivity contribution in [3.05, 3.63) is 49.7 Å². The molecule has 2 aliphatic carbocycles. The molecule has 6 heteroatoms. The summed E-state index contributed by atoms with van der Waals surface area (Å²) < 4.78 is 5.36. The molecule has 2 atom stereocenters. The number of nitrogens with one attached hydrogen (secondary N) is 1. The fraction of sp³-hybridized carbons (Fsp3) is 0.500. The highest BCUT2D eigenvalue weighted by Crippen LogP contribution is 2.63. The lowest BCUT2D eigenvalue weighted by Gasteiger charge is -2.48. The summed E-state index contributed by atoms with van der Waals surface area (Å²) in [4.78, 5) is 15.1. The van der Waals surface area contributed by atoms with Crippen molar-refractivity contribution in [3.63, 3.8) is 0 Å². The predicted molar refractivity (Wildman–Crippen MR) is 113 cm³/mol. The van der Waals surface area contributed by atoms with Gasteiger partial charge in [-0.1, -0.05) is 31.5 Å². The molecule has 0 unspecified atom stereocenters. The summed E-state index contributed by atoms with van der Waals surface area (Å²) in [5, 5.41) is 12.4. The van der Waals surface area contributed by atoms with Crippen LogP contribution in [0.5, 0.6) is 5.75 Å². The van der Waals surface area contributed by atoms with Gasteiger partial charge in [0.1, 0.15) is 12.4 Å². The van der Waals surface area contributed by atoms with Crippen LogP contribution in [0.3, 0.4) is 0 Å². The highest BCUT2D eigenvalue weighted by atomic mass is 35.5. The minimum atomic E-state index is -0.0428. The summed E-state index contributed by atoms with van der Waals surface area (Å²) in [5.74, 6) is 1.92. The molecule has 0 spiro atoms. The third kappa shape index (κ3) is 3.34. The number of halogens is 1. The zero-order valence-corrected chi connectivity index (χ0v) is 18.0. The van der Waals surface area contributed by atoms with Crippen molar-refractivity contribution in [2.75, 3.05) is 13.2 Å². The number of hydrogen-bond donors (Lipinski definition) is 2. The maximum atomic E-state index is 12.9. The van der Waals surface area contributed by atoms with E-state index in [1.54, 1.807) is 23.5 Å². The smallest absolute Gasteiger partial charge is 0.261 e. The Labute approximate surface area is 174 Å². The van der Waals surface area contributed by atoms with Crippen molar-refractivity contribution in [3.8, 4) is 5.75 Å². The lowest BCUT2D eigenvalue weighted by molar-refractivity contribution is 0.0518. The molecule has 2 N–H and O–H groups in total. The number of carbonyl (C=O) groups excluding carboxylic acids is 1. The van der Waals surface area contributed by atoms with Crippen LogP contribution in [0.2, 0.25) is 5.02 Å². The second-order valence-electron chi connectivity index (χ2n) is 8.50. The second-order valence-corrected chi connectivity index (χ2v) is 10.1. The highest BCUT2D eigenvalue weighted by molar-refractivity contribution is 7.14. The number of thiophene rings is 1. The normalized spacial score (nSPS) is 21.6. The number of hydrogen-bond acceptors (Lipinski definition) is 4. The molecule has 0 radical (unpaired) electrons. The Kier molecular flexibility index (Phi) is 5.19. The quantitative estimate of drug-likeness (QED) is 0.713. The molecule has 4 nitrogen and oxygen atoms in total. The highest BCUT2D eigenvalue weighted by Gasteiger charge is 2.53. The van der Waals surface area contributed by atoms with Crippen LogP contribution in [0.15, 0.2) is 18.2 Å². The zero-order chi connectivity index (χ0) is 20.1. The molecule has 2 aliphatic rings. The number of fused-ring (bicyclic) bond motifs is 3. The zero-order valence-electron chi connectivity index (χ0n) is 16.5. The lowest BCUT2D eigenvalue weighted by atomic mass is 9.56. The molecule has 150 valence electrons. The summed E-state index contributed by atoms with van der Waals surface area (Å²) >= 11 is 7.95. The maximum Gasteiger partial charge on any atom is 0.261 e. The molecule has 1 saturated carbocycles. The van der Waals surface area contributed by atoms with Gasteiger partial charge in [0.15, 0.2) is 0 Å². The Bertz CT molecular complexity index is 921. The first kappa shape index (κ1) is 19.7. The molecule has 28 heavy (non-hydrogen) atoms. The molecule has 0 saturated heterocycles. The Hall–Kier alpha value is -1.56. The Morgan fingerprint density at radius 3 is 2.89 bits per heavy atom. The van der Waals surface area contributed by atoms with Crippen molar-refractivity contribution in [1.82, 2.24) is 5.32 Å². The van der Waals surface area contributed by atoms with Crippen molar-refractivity contribution >= 4 is 28.8 Å².